The lowest BCUT2D eigenvalue weighted by Crippen LogP contribution is -2.50. The predicted molar refractivity (Wildman–Crippen MR) is 122 cm³/mol. The second kappa shape index (κ2) is 12.7. The van der Waals surface area contributed by atoms with Gasteiger partial charge in [0.1, 0.15) is 0 Å². The molecule has 2 aliphatic rings. The van der Waals surface area contributed by atoms with Crippen LogP contribution in [0.2, 0.25) is 0 Å². The Bertz CT molecular complexity index is 523. The average molecular weight is 423 g/mol. The first-order valence-corrected chi connectivity index (χ1v) is 12.8. The summed E-state index contributed by atoms with van der Waals surface area (Å²) in [6.07, 6.45) is 18.0. The lowest BCUT2D eigenvalue weighted by atomic mass is 9.54. The van der Waals surface area contributed by atoms with E-state index in [0.717, 1.165) is 50.9 Å². The summed E-state index contributed by atoms with van der Waals surface area (Å²) in [6, 6.07) is 0. The van der Waals surface area contributed by atoms with Crippen molar-refractivity contribution in [1.82, 2.24) is 0 Å². The van der Waals surface area contributed by atoms with Gasteiger partial charge in [-0.05, 0) is 56.3 Å². The molecule has 3 atom stereocenters. The van der Waals surface area contributed by atoms with Crippen molar-refractivity contribution in [2.24, 2.45) is 29.1 Å². The molecule has 0 aromatic rings. The topological polar surface area (TPSA) is 74.6 Å². The quantitative estimate of drug-likeness (QED) is 0.305. The highest BCUT2D eigenvalue weighted by Crippen LogP contribution is 2.54. The van der Waals surface area contributed by atoms with Crippen molar-refractivity contribution in [2.45, 2.75) is 123 Å². The fraction of sp³-hybridized carbons (Fsp3) is 0.923. The third-order valence-corrected chi connectivity index (χ3v) is 8.12. The molecule has 2 aliphatic carbocycles. The molecule has 0 heterocycles. The monoisotopic (exact) mass is 422 g/mol. The van der Waals surface area contributed by atoms with Gasteiger partial charge in [0, 0.05) is 0 Å². The lowest BCUT2D eigenvalue weighted by Gasteiger charge is -2.49. The van der Waals surface area contributed by atoms with Crippen LogP contribution < -0.4 is 0 Å². The highest BCUT2D eigenvalue weighted by molar-refractivity contribution is 5.77. The third kappa shape index (κ3) is 6.99. The molecule has 3 unspecified atom stereocenters. The smallest absolute Gasteiger partial charge is 0.310 e. The highest BCUT2D eigenvalue weighted by atomic mass is 16.4. The second-order valence-corrected chi connectivity index (χ2v) is 10.6. The van der Waals surface area contributed by atoms with E-state index in [4.69, 9.17) is 0 Å². The van der Waals surface area contributed by atoms with Crippen LogP contribution in [0.15, 0.2) is 0 Å². The summed E-state index contributed by atoms with van der Waals surface area (Å²) < 4.78 is 0. The van der Waals surface area contributed by atoms with Gasteiger partial charge in [0.25, 0.3) is 0 Å². The predicted octanol–water partition coefficient (Wildman–Crippen LogP) is 7.31. The van der Waals surface area contributed by atoms with E-state index in [0.29, 0.717) is 19.3 Å². The fourth-order valence-corrected chi connectivity index (χ4v) is 6.33. The molecular weight excluding hydrogens is 376 g/mol. The number of unbranched alkanes of at least 4 members (excludes halogenated alkanes) is 6. The normalized spacial score (nSPS) is 28.0. The third-order valence-electron chi connectivity index (χ3n) is 8.12. The molecule has 0 spiro atoms. The molecule has 4 heteroatoms. The molecule has 30 heavy (non-hydrogen) atoms. The molecule has 0 radical (unpaired) electrons. The first-order chi connectivity index (χ1) is 14.4. The van der Waals surface area contributed by atoms with Crippen molar-refractivity contribution >= 4 is 11.9 Å². The molecule has 2 rings (SSSR count). The first kappa shape index (κ1) is 25.2. The van der Waals surface area contributed by atoms with E-state index in [1.165, 1.54) is 44.9 Å². The highest BCUT2D eigenvalue weighted by Gasteiger charge is 2.54. The van der Waals surface area contributed by atoms with Gasteiger partial charge in [0.15, 0.2) is 0 Å². The molecule has 2 N–H and O–H groups in total. The Hall–Kier alpha value is -1.06. The number of aliphatic carboxylic acids is 2. The Morgan fingerprint density at radius 1 is 0.867 bits per heavy atom. The minimum absolute atomic E-state index is 0.0268. The van der Waals surface area contributed by atoms with Gasteiger partial charge in [0.05, 0.1) is 11.3 Å². The molecular formula is C26H46O4. The first-order valence-electron chi connectivity index (χ1n) is 12.8. The van der Waals surface area contributed by atoms with Crippen molar-refractivity contribution in [3.8, 4) is 0 Å². The lowest BCUT2D eigenvalue weighted by molar-refractivity contribution is -0.168. The molecule has 2 fully saturated rings. The van der Waals surface area contributed by atoms with Crippen LogP contribution in [-0.2, 0) is 9.59 Å². The molecule has 174 valence electrons. The zero-order chi connectivity index (χ0) is 22.0. The van der Waals surface area contributed by atoms with E-state index in [2.05, 4.69) is 13.8 Å². The number of carboxylic acids is 2. The van der Waals surface area contributed by atoms with Crippen LogP contribution in [0, 0.1) is 29.1 Å². The zero-order valence-corrected chi connectivity index (χ0v) is 19.5. The maximum Gasteiger partial charge on any atom is 0.310 e. The molecule has 0 saturated heterocycles. The van der Waals surface area contributed by atoms with Crippen molar-refractivity contribution in [3.63, 3.8) is 0 Å². The number of hydrogen-bond donors (Lipinski definition) is 2. The minimum Gasteiger partial charge on any atom is -0.481 e. The van der Waals surface area contributed by atoms with Gasteiger partial charge in [-0.1, -0.05) is 84.5 Å². The van der Waals surface area contributed by atoms with E-state index >= 15 is 0 Å². The summed E-state index contributed by atoms with van der Waals surface area (Å²) in [6.45, 7) is 4.56. The maximum absolute atomic E-state index is 12.6. The summed E-state index contributed by atoms with van der Waals surface area (Å²) >= 11 is 0. The van der Waals surface area contributed by atoms with Crippen molar-refractivity contribution in [1.29, 1.82) is 0 Å². The van der Waals surface area contributed by atoms with Gasteiger partial charge in [0.2, 0.25) is 0 Å². The number of carboxylic acid groups (broad SMARTS) is 2. The van der Waals surface area contributed by atoms with E-state index < -0.39 is 17.4 Å². The van der Waals surface area contributed by atoms with E-state index in [1.54, 1.807) is 0 Å². The molecule has 4 nitrogen and oxygen atoms in total. The number of rotatable bonds is 13. The van der Waals surface area contributed by atoms with Gasteiger partial charge in [-0.2, -0.15) is 0 Å². The van der Waals surface area contributed by atoms with Crippen LogP contribution in [0.25, 0.3) is 0 Å². The van der Waals surface area contributed by atoms with Crippen LogP contribution in [0.1, 0.15) is 123 Å². The minimum atomic E-state index is -0.732. The fourth-order valence-electron chi connectivity index (χ4n) is 6.33. The van der Waals surface area contributed by atoms with Crippen molar-refractivity contribution in [2.75, 3.05) is 0 Å². The van der Waals surface area contributed by atoms with Crippen molar-refractivity contribution in [3.05, 3.63) is 0 Å². The largest absolute Gasteiger partial charge is 0.481 e. The Balaban J connectivity index is 1.87. The Morgan fingerprint density at radius 3 is 2.03 bits per heavy atom. The zero-order valence-electron chi connectivity index (χ0n) is 19.5. The van der Waals surface area contributed by atoms with Crippen LogP contribution in [0.4, 0.5) is 0 Å². The van der Waals surface area contributed by atoms with Crippen LogP contribution in [-0.4, -0.2) is 22.2 Å². The molecule has 0 bridgehead atoms. The second-order valence-electron chi connectivity index (χ2n) is 10.6. The standard InChI is InChI=1S/C26H46O4/c1-20(2)13-9-6-4-3-5-7-10-16-23-19-21(24(27)28)17-18-26(23,25(29)30)22-14-11-8-12-15-22/h20-23H,3-19H2,1-2H3,(H,27,28)(H,29,30). The molecule has 2 saturated carbocycles. The molecule has 0 aromatic heterocycles. The summed E-state index contributed by atoms with van der Waals surface area (Å²) in [4.78, 5) is 24.3. The molecule has 0 aromatic carbocycles. The van der Waals surface area contributed by atoms with Crippen LogP contribution in [0.5, 0.6) is 0 Å². The van der Waals surface area contributed by atoms with Gasteiger partial charge in [-0.15, -0.1) is 0 Å². The van der Waals surface area contributed by atoms with E-state index in [9.17, 15) is 19.8 Å². The van der Waals surface area contributed by atoms with Gasteiger partial charge < -0.3 is 10.2 Å². The van der Waals surface area contributed by atoms with Crippen LogP contribution >= 0.6 is 0 Å². The summed E-state index contributed by atoms with van der Waals surface area (Å²) in [5.41, 5.74) is -0.677. The Morgan fingerprint density at radius 2 is 1.47 bits per heavy atom. The Labute approximate surface area is 184 Å². The van der Waals surface area contributed by atoms with Crippen LogP contribution in [0.3, 0.4) is 0 Å². The maximum atomic E-state index is 12.6. The molecule has 0 amide bonds. The van der Waals surface area contributed by atoms with Gasteiger partial charge >= 0.3 is 11.9 Å². The van der Waals surface area contributed by atoms with E-state index in [-0.39, 0.29) is 17.8 Å². The van der Waals surface area contributed by atoms with Gasteiger partial charge in [-0.25, -0.2) is 0 Å². The summed E-state index contributed by atoms with van der Waals surface area (Å²) in [5.74, 6) is -0.665. The average Bonchev–Trinajstić information content (AvgIpc) is 2.72. The Kier molecular flexibility index (Phi) is 10.7. The van der Waals surface area contributed by atoms with E-state index in [1.807, 2.05) is 0 Å². The van der Waals surface area contributed by atoms with Crippen molar-refractivity contribution < 1.29 is 19.8 Å². The summed E-state index contributed by atoms with van der Waals surface area (Å²) in [5, 5.41) is 19.9. The summed E-state index contributed by atoms with van der Waals surface area (Å²) in [7, 11) is 0. The number of hydrogen-bond acceptors (Lipinski definition) is 2. The SMILES string of the molecule is CC(C)CCCCCCCCCC1CC(C(=O)O)CCC1(C(=O)O)C1CCCCC1. The number of carbonyl (C=O) groups is 2. The molecule has 0 aliphatic heterocycles. The van der Waals surface area contributed by atoms with Gasteiger partial charge in [-0.3, -0.25) is 9.59 Å².